The van der Waals surface area contributed by atoms with Crippen LogP contribution in [0, 0.1) is 0 Å². The van der Waals surface area contributed by atoms with Crippen molar-refractivity contribution in [3.05, 3.63) is 71.8 Å². The van der Waals surface area contributed by atoms with E-state index in [-0.39, 0.29) is 38.6 Å². The summed E-state index contributed by atoms with van der Waals surface area (Å²) < 4.78 is 9.63. The van der Waals surface area contributed by atoms with Crippen LogP contribution in [-0.2, 0) is 37.0 Å². The fourth-order valence-electron chi connectivity index (χ4n) is 5.37. The highest BCUT2D eigenvalue weighted by Crippen LogP contribution is 2.74. The summed E-state index contributed by atoms with van der Waals surface area (Å²) in [4.78, 5) is 56.0. The van der Waals surface area contributed by atoms with E-state index in [0.29, 0.717) is 0 Å². The fourth-order valence-corrected chi connectivity index (χ4v) is 9.62. The molecule has 0 saturated carbocycles. The Morgan fingerprint density at radius 2 is 1.63 bits per heavy atom. The van der Waals surface area contributed by atoms with Crippen molar-refractivity contribution in [2.45, 2.75) is 56.5 Å². The minimum absolute atomic E-state index is 0.0251. The smallest absolute Gasteiger partial charge is 0.330 e. The normalized spacial score (nSPS) is 24.9. The van der Waals surface area contributed by atoms with Gasteiger partial charge < -0.3 is 24.4 Å². The lowest BCUT2D eigenvalue weighted by Crippen LogP contribution is -2.57. The van der Waals surface area contributed by atoms with E-state index >= 15 is 0 Å². The summed E-state index contributed by atoms with van der Waals surface area (Å²) in [5.74, 6) is -1.97. The Kier molecular flexibility index (Phi) is 8.13. The molecule has 0 spiro atoms. The van der Waals surface area contributed by atoms with Crippen molar-refractivity contribution >= 4 is 33.1 Å². The molecule has 2 aliphatic rings. The Labute approximate surface area is 224 Å². The summed E-state index contributed by atoms with van der Waals surface area (Å²) in [5.41, 5.74) is 1.59. The van der Waals surface area contributed by atoms with Crippen LogP contribution in [0.5, 0.6) is 0 Å². The van der Waals surface area contributed by atoms with Crippen molar-refractivity contribution in [2.75, 3.05) is 19.1 Å². The predicted octanol–water partition coefficient (Wildman–Crippen LogP) is 3.39. The van der Waals surface area contributed by atoms with Gasteiger partial charge in [0.05, 0.1) is 24.3 Å². The van der Waals surface area contributed by atoms with E-state index in [2.05, 4.69) is 0 Å². The Morgan fingerprint density at radius 1 is 1.03 bits per heavy atom. The van der Waals surface area contributed by atoms with Crippen LogP contribution in [-0.4, -0.2) is 73.2 Å². The zero-order chi connectivity index (χ0) is 27.5. The minimum atomic E-state index is -2.75. The highest BCUT2D eigenvalue weighted by Gasteiger charge is 2.72. The van der Waals surface area contributed by atoms with Crippen LogP contribution < -0.4 is 0 Å². The number of hydrogen-bond donors (Lipinski definition) is 1. The van der Waals surface area contributed by atoms with Crippen LogP contribution in [0.3, 0.4) is 0 Å². The van der Waals surface area contributed by atoms with Crippen LogP contribution in [0.1, 0.15) is 38.3 Å². The summed E-state index contributed by atoms with van der Waals surface area (Å²) in [6, 6.07) is 17.4. The molecule has 9 nitrogen and oxygen atoms in total. The van der Waals surface area contributed by atoms with E-state index in [1.165, 1.54) is 9.80 Å². The lowest BCUT2D eigenvalue weighted by atomic mass is 9.98. The van der Waals surface area contributed by atoms with E-state index in [1.807, 2.05) is 60.7 Å². The number of esters is 2. The van der Waals surface area contributed by atoms with Gasteiger partial charge in [0.25, 0.3) is 5.24 Å². The van der Waals surface area contributed by atoms with Crippen molar-refractivity contribution in [1.29, 1.82) is 0 Å². The maximum Gasteiger partial charge on any atom is 0.330 e. The average molecular weight is 543 g/mol. The molecule has 2 aromatic carbocycles. The van der Waals surface area contributed by atoms with Gasteiger partial charge in [0.15, 0.2) is 0 Å². The second kappa shape index (κ2) is 11.2. The van der Waals surface area contributed by atoms with Crippen LogP contribution in [0.2, 0.25) is 0 Å². The molecule has 1 N–H and O–H groups in total. The molecule has 2 heterocycles. The number of aliphatic hydroxyl groups excluding tert-OH is 1. The summed E-state index contributed by atoms with van der Waals surface area (Å²) in [5, 5.41) is 9.82. The van der Waals surface area contributed by atoms with Crippen LogP contribution in [0.4, 0.5) is 4.79 Å². The van der Waals surface area contributed by atoms with Gasteiger partial charge in [-0.2, -0.15) is 0 Å². The first kappa shape index (κ1) is 27.7. The molecule has 2 aliphatic heterocycles. The van der Waals surface area contributed by atoms with Crippen molar-refractivity contribution in [3.8, 4) is 0 Å². The van der Waals surface area contributed by atoms with Gasteiger partial charge in [-0.25, -0.2) is 4.79 Å². The summed E-state index contributed by atoms with van der Waals surface area (Å²) in [6.07, 6.45) is 0.0477. The molecule has 2 saturated heterocycles. The first-order valence-corrected chi connectivity index (χ1v) is 14.4. The summed E-state index contributed by atoms with van der Waals surface area (Å²) in [6.45, 7) is 5.16. The molecule has 2 amide bonds. The van der Waals surface area contributed by atoms with Crippen LogP contribution in [0.25, 0.3) is 0 Å². The molecule has 0 aliphatic carbocycles. The number of ether oxygens (including phenoxy) is 2. The number of carbonyl (C=O) groups excluding carboxylic acids is 4. The largest absolute Gasteiger partial charge is 0.465 e. The maximum absolute atomic E-state index is 14.4. The van der Waals surface area contributed by atoms with Crippen molar-refractivity contribution in [1.82, 2.24) is 9.80 Å². The van der Waals surface area contributed by atoms with Gasteiger partial charge in [-0.1, -0.05) is 60.7 Å². The van der Waals surface area contributed by atoms with E-state index in [9.17, 15) is 24.3 Å². The van der Waals surface area contributed by atoms with Gasteiger partial charge in [-0.3, -0.25) is 14.4 Å². The first-order valence-electron chi connectivity index (χ1n) is 12.6. The van der Waals surface area contributed by atoms with Gasteiger partial charge in [0.2, 0.25) is 5.91 Å². The molecule has 0 aromatic heterocycles. The number of hydrogen-bond acceptors (Lipinski definition) is 7. The SMILES string of the molecule is CCOC(=O)CN(Cc1ccccc1)C(=O)S1(CO)[C@@H]2CC(=O)N2[C@@H](C(=O)OCc2ccccc2)C1(C)C. The molecule has 204 valence electrons. The molecule has 1 unspecified atom stereocenters. The molecule has 3 atom stereocenters. The number of amides is 2. The van der Waals surface area contributed by atoms with E-state index in [1.54, 1.807) is 20.8 Å². The number of fused-ring (bicyclic) bond motifs is 1. The quantitative estimate of drug-likeness (QED) is 0.382. The van der Waals surface area contributed by atoms with Crippen molar-refractivity contribution in [2.24, 2.45) is 0 Å². The van der Waals surface area contributed by atoms with E-state index in [4.69, 9.17) is 9.47 Å². The highest BCUT2D eigenvalue weighted by atomic mass is 32.3. The lowest BCUT2D eigenvalue weighted by molar-refractivity contribution is -0.162. The number of aliphatic hydroxyl groups is 1. The monoisotopic (exact) mass is 542 g/mol. The van der Waals surface area contributed by atoms with E-state index in [0.717, 1.165) is 11.1 Å². The maximum atomic E-state index is 14.4. The third kappa shape index (κ3) is 4.78. The number of rotatable bonds is 9. The molecular formula is C28H34N2O7S. The lowest BCUT2D eigenvalue weighted by Gasteiger charge is -2.50. The molecule has 0 bridgehead atoms. The Hall–Kier alpha value is -3.37. The topological polar surface area (TPSA) is 113 Å². The number of β-lactam (4-membered cyclic amide) rings is 1. The molecule has 2 fully saturated rings. The highest BCUT2D eigenvalue weighted by molar-refractivity contribution is 8.46. The number of nitrogens with zero attached hydrogens (tertiary/aromatic N) is 2. The third-order valence-electron chi connectivity index (χ3n) is 7.35. The third-order valence-corrected chi connectivity index (χ3v) is 12.1. The fraction of sp³-hybridized carbons (Fsp3) is 0.429. The average Bonchev–Trinajstić information content (AvgIpc) is 3.07. The number of carbonyl (C=O) groups is 4. The first-order chi connectivity index (χ1) is 18.2. The van der Waals surface area contributed by atoms with Crippen LogP contribution in [0.15, 0.2) is 60.7 Å². The molecule has 0 radical (unpaired) electrons. The standard InChI is InChI=1S/C28H34N2O7S/c1-4-36-24(33)17-29(16-20-11-7-5-8-12-20)27(35)38(19-31)23-15-22(32)30(23)25(28(38,2)3)26(34)37-18-21-13-9-6-10-14-21/h5-14,23,25,31H,4,15-19H2,1-3H3/t23-,25+/m1/s1. The molecule has 4 rings (SSSR count). The van der Waals surface area contributed by atoms with E-state index < -0.39 is 49.3 Å². The second-order valence-electron chi connectivity index (χ2n) is 9.89. The summed E-state index contributed by atoms with van der Waals surface area (Å²) >= 11 is 0. The van der Waals surface area contributed by atoms with Gasteiger partial charge in [0.1, 0.15) is 19.2 Å². The molecule has 2 aromatic rings. The summed E-state index contributed by atoms with van der Waals surface area (Å²) in [7, 11) is -2.75. The zero-order valence-corrected chi connectivity index (χ0v) is 22.7. The number of benzene rings is 2. The zero-order valence-electron chi connectivity index (χ0n) is 21.9. The molecule has 10 heteroatoms. The van der Waals surface area contributed by atoms with Crippen molar-refractivity contribution < 1.29 is 33.8 Å². The van der Waals surface area contributed by atoms with Crippen LogP contribution >= 0.6 is 10.0 Å². The Bertz CT molecular complexity index is 1190. The van der Waals surface area contributed by atoms with Crippen molar-refractivity contribution in [3.63, 3.8) is 0 Å². The van der Waals surface area contributed by atoms with Gasteiger partial charge >= 0.3 is 11.9 Å². The molecule has 38 heavy (non-hydrogen) atoms. The Morgan fingerprint density at radius 3 is 2.18 bits per heavy atom. The predicted molar refractivity (Wildman–Crippen MR) is 143 cm³/mol. The minimum Gasteiger partial charge on any atom is -0.465 e. The molecular weight excluding hydrogens is 508 g/mol. The van der Waals surface area contributed by atoms with Gasteiger partial charge in [-0.15, -0.1) is 10.0 Å². The van der Waals surface area contributed by atoms with Gasteiger partial charge in [0, 0.05) is 11.3 Å². The van der Waals surface area contributed by atoms with Gasteiger partial charge in [-0.05, 0) is 31.9 Å². The second-order valence-corrected chi connectivity index (χ2v) is 13.7. The Balaban J connectivity index is 1.67.